The highest BCUT2D eigenvalue weighted by Crippen LogP contribution is 2.40. The summed E-state index contributed by atoms with van der Waals surface area (Å²) in [6.07, 6.45) is 1.44. The fourth-order valence-electron chi connectivity index (χ4n) is 2.46. The Morgan fingerprint density at radius 1 is 0.964 bits per heavy atom. The van der Waals surface area contributed by atoms with Gasteiger partial charge in [-0.05, 0) is 20.8 Å². The van der Waals surface area contributed by atoms with E-state index in [0.29, 0.717) is 25.9 Å². The average Bonchev–Trinajstić information content (AvgIpc) is 2.81. The van der Waals surface area contributed by atoms with Gasteiger partial charge in [0.15, 0.2) is 22.9 Å². The highest BCUT2D eigenvalue weighted by Gasteiger charge is 2.35. The van der Waals surface area contributed by atoms with E-state index in [-0.39, 0.29) is 49.1 Å². The number of carbonyl (C=O) groups excluding carboxylic acids is 3. The van der Waals surface area contributed by atoms with Crippen molar-refractivity contribution in [1.82, 2.24) is 4.57 Å². The summed E-state index contributed by atoms with van der Waals surface area (Å²) < 4.78 is 27.3. The number of ether oxygens (including phenoxy) is 5. The molecule has 0 spiro atoms. The second-order valence-corrected chi connectivity index (χ2v) is 5.53. The van der Waals surface area contributed by atoms with Crippen molar-refractivity contribution in [1.29, 1.82) is 0 Å². The van der Waals surface area contributed by atoms with Crippen LogP contribution in [0.1, 0.15) is 54.6 Å². The first-order chi connectivity index (χ1) is 13.6. The number of nitrogens with zero attached hydrogens (tertiary/aromatic N) is 1. The monoisotopic (exact) mass is 399 g/mol. The minimum Gasteiger partial charge on any atom is -0.487 e. The standard InChI is InChI=1S/C16H21NO7.C3H8O/c1-3-21-15(19)11-13-14(24-10-6-9-23-13)12(16(20)22-4-2)17(11)7-5-8-18;1-3-4-2/h8H,3-7,9-10H2,1-2H3;3H2,1-2H3. The quantitative estimate of drug-likeness (QED) is 0.484. The van der Waals surface area contributed by atoms with E-state index in [1.165, 1.54) is 4.57 Å². The van der Waals surface area contributed by atoms with Crippen LogP contribution in [0.5, 0.6) is 11.5 Å². The van der Waals surface area contributed by atoms with Gasteiger partial charge in [-0.2, -0.15) is 0 Å². The molecule has 28 heavy (non-hydrogen) atoms. The summed E-state index contributed by atoms with van der Waals surface area (Å²) >= 11 is 0. The zero-order chi connectivity index (χ0) is 20.9. The van der Waals surface area contributed by atoms with E-state index in [1.54, 1.807) is 21.0 Å². The zero-order valence-corrected chi connectivity index (χ0v) is 16.9. The van der Waals surface area contributed by atoms with Gasteiger partial charge >= 0.3 is 11.9 Å². The zero-order valence-electron chi connectivity index (χ0n) is 16.9. The van der Waals surface area contributed by atoms with Crippen molar-refractivity contribution >= 4 is 18.2 Å². The van der Waals surface area contributed by atoms with E-state index >= 15 is 0 Å². The van der Waals surface area contributed by atoms with Crippen molar-refractivity contribution in [3.05, 3.63) is 11.4 Å². The topological polar surface area (TPSA) is 102 Å². The van der Waals surface area contributed by atoms with Crippen molar-refractivity contribution in [3.8, 4) is 11.5 Å². The Morgan fingerprint density at radius 3 is 1.79 bits per heavy atom. The molecule has 0 atom stereocenters. The van der Waals surface area contributed by atoms with Gasteiger partial charge in [0.25, 0.3) is 0 Å². The van der Waals surface area contributed by atoms with Crippen molar-refractivity contribution < 1.29 is 38.1 Å². The molecular formula is C19H29NO8. The maximum absolute atomic E-state index is 12.4. The van der Waals surface area contributed by atoms with Crippen LogP contribution < -0.4 is 9.47 Å². The number of carbonyl (C=O) groups is 3. The molecule has 2 rings (SSSR count). The van der Waals surface area contributed by atoms with Crippen LogP contribution in [0, 0.1) is 0 Å². The molecule has 0 amide bonds. The molecule has 0 saturated heterocycles. The Morgan fingerprint density at radius 2 is 1.43 bits per heavy atom. The number of esters is 2. The molecule has 9 nitrogen and oxygen atoms in total. The van der Waals surface area contributed by atoms with Crippen molar-refractivity contribution in [2.24, 2.45) is 0 Å². The Hall–Kier alpha value is -2.55. The Kier molecular flexibility index (Phi) is 10.7. The number of rotatable bonds is 8. The largest absolute Gasteiger partial charge is 0.487 e. The minimum atomic E-state index is -0.638. The number of aromatic nitrogens is 1. The first-order valence-corrected chi connectivity index (χ1v) is 9.36. The maximum atomic E-state index is 12.4. The van der Waals surface area contributed by atoms with Crippen molar-refractivity contribution in [3.63, 3.8) is 0 Å². The first-order valence-electron chi connectivity index (χ1n) is 9.36. The second-order valence-electron chi connectivity index (χ2n) is 5.53. The average molecular weight is 399 g/mol. The molecule has 0 aliphatic carbocycles. The van der Waals surface area contributed by atoms with Gasteiger partial charge in [-0.25, -0.2) is 9.59 Å². The lowest BCUT2D eigenvalue weighted by molar-refractivity contribution is -0.108. The lowest BCUT2D eigenvalue weighted by Gasteiger charge is -2.12. The molecule has 0 saturated carbocycles. The SMILES string of the molecule is CCOC.CCOC(=O)c1c2c(c(C(=O)OCC)n1CCC=O)OCCCO2. The second kappa shape index (κ2) is 12.8. The lowest BCUT2D eigenvalue weighted by Crippen LogP contribution is -2.19. The summed E-state index contributed by atoms with van der Waals surface area (Å²) in [5, 5.41) is 0. The maximum Gasteiger partial charge on any atom is 0.359 e. The summed E-state index contributed by atoms with van der Waals surface area (Å²) in [7, 11) is 1.68. The molecule has 0 bridgehead atoms. The Labute approximate surface area is 164 Å². The molecule has 0 aromatic carbocycles. The van der Waals surface area contributed by atoms with E-state index in [0.717, 1.165) is 6.61 Å². The molecule has 0 radical (unpaired) electrons. The van der Waals surface area contributed by atoms with E-state index in [4.69, 9.17) is 18.9 Å². The number of fused-ring (bicyclic) bond motifs is 1. The Bertz CT molecular complexity index is 605. The fraction of sp³-hybridized carbons (Fsp3) is 0.632. The van der Waals surface area contributed by atoms with Crippen LogP contribution in [0.4, 0.5) is 0 Å². The minimum absolute atomic E-state index is 0.0682. The molecule has 0 unspecified atom stereocenters. The molecule has 0 N–H and O–H groups in total. The smallest absolute Gasteiger partial charge is 0.359 e. The molecule has 1 aliphatic heterocycles. The van der Waals surface area contributed by atoms with Gasteiger partial charge in [0.1, 0.15) is 6.29 Å². The van der Waals surface area contributed by atoms with Crippen LogP contribution in [0.2, 0.25) is 0 Å². The number of hydrogen-bond acceptors (Lipinski definition) is 8. The molecule has 1 aromatic heterocycles. The van der Waals surface area contributed by atoms with Crippen molar-refractivity contribution in [2.45, 2.75) is 40.2 Å². The van der Waals surface area contributed by atoms with Gasteiger partial charge < -0.3 is 33.0 Å². The Balaban J connectivity index is 0.000000892. The number of aldehydes is 1. The van der Waals surface area contributed by atoms with Crippen LogP contribution in [0.3, 0.4) is 0 Å². The molecule has 1 aromatic rings. The summed E-state index contributed by atoms with van der Waals surface area (Å²) in [6.45, 7) is 7.28. The van der Waals surface area contributed by atoms with Crippen LogP contribution in [-0.4, -0.2) is 62.9 Å². The summed E-state index contributed by atoms with van der Waals surface area (Å²) in [5.41, 5.74) is 0.136. The highest BCUT2D eigenvalue weighted by molar-refractivity contribution is 5.99. The highest BCUT2D eigenvalue weighted by atomic mass is 16.6. The van der Waals surface area contributed by atoms with E-state index in [9.17, 15) is 14.4 Å². The van der Waals surface area contributed by atoms with E-state index < -0.39 is 11.9 Å². The van der Waals surface area contributed by atoms with Crippen LogP contribution in [-0.2, 0) is 25.5 Å². The lowest BCUT2D eigenvalue weighted by atomic mass is 10.3. The molecule has 158 valence electrons. The molecule has 2 heterocycles. The number of methoxy groups -OCH3 is 1. The fourth-order valence-corrected chi connectivity index (χ4v) is 2.46. The normalized spacial score (nSPS) is 12.3. The molecule has 0 fully saturated rings. The molecule has 9 heteroatoms. The van der Waals surface area contributed by atoms with Crippen LogP contribution >= 0.6 is 0 Å². The van der Waals surface area contributed by atoms with Gasteiger partial charge in [0.2, 0.25) is 0 Å². The molecule has 1 aliphatic rings. The van der Waals surface area contributed by atoms with Gasteiger partial charge in [-0.15, -0.1) is 0 Å². The van der Waals surface area contributed by atoms with E-state index in [2.05, 4.69) is 4.74 Å². The third-order valence-corrected chi connectivity index (χ3v) is 3.65. The van der Waals surface area contributed by atoms with E-state index in [1.807, 2.05) is 6.92 Å². The van der Waals surface area contributed by atoms with Gasteiger partial charge in [-0.3, -0.25) is 0 Å². The third-order valence-electron chi connectivity index (χ3n) is 3.65. The van der Waals surface area contributed by atoms with Gasteiger partial charge in [-0.1, -0.05) is 0 Å². The molecular weight excluding hydrogens is 370 g/mol. The summed E-state index contributed by atoms with van der Waals surface area (Å²) in [5.74, 6) is -0.943. The van der Waals surface area contributed by atoms with Gasteiger partial charge in [0.05, 0.1) is 26.4 Å². The summed E-state index contributed by atoms with van der Waals surface area (Å²) in [4.78, 5) is 35.6. The first kappa shape index (κ1) is 23.5. The van der Waals surface area contributed by atoms with Crippen molar-refractivity contribution in [2.75, 3.05) is 40.1 Å². The van der Waals surface area contributed by atoms with Crippen LogP contribution in [0.15, 0.2) is 0 Å². The summed E-state index contributed by atoms with van der Waals surface area (Å²) in [6, 6.07) is 0. The predicted molar refractivity (Wildman–Crippen MR) is 100 cm³/mol. The predicted octanol–water partition coefficient (Wildman–Crippen LogP) is 2.24. The third kappa shape index (κ3) is 5.98. The van der Waals surface area contributed by atoms with Gasteiger partial charge in [0, 0.05) is 33.1 Å². The van der Waals surface area contributed by atoms with Crippen LogP contribution in [0.25, 0.3) is 0 Å². The number of hydrogen-bond donors (Lipinski definition) is 0.